The zero-order chi connectivity index (χ0) is 14.5. The number of carbonyl (C=O) groups excluding carboxylic acids is 1. The molecule has 2 aromatic rings. The van der Waals surface area contributed by atoms with Crippen molar-refractivity contribution in [3.05, 3.63) is 48.2 Å². The third-order valence-electron chi connectivity index (χ3n) is 2.75. The lowest BCUT2D eigenvalue weighted by molar-refractivity contribution is -0.117. The van der Waals surface area contributed by atoms with Crippen LogP contribution < -0.4 is 11.1 Å². The molecule has 0 bridgehead atoms. The van der Waals surface area contributed by atoms with Crippen molar-refractivity contribution in [1.29, 1.82) is 0 Å². The van der Waals surface area contributed by atoms with Gasteiger partial charge in [-0.2, -0.15) is 0 Å². The van der Waals surface area contributed by atoms with Crippen LogP contribution in [0.5, 0.6) is 11.5 Å². The van der Waals surface area contributed by atoms with E-state index in [1.165, 1.54) is 12.1 Å². The van der Waals surface area contributed by atoms with Crippen LogP contribution in [-0.2, 0) is 11.2 Å². The monoisotopic (exact) mass is 273 g/mol. The first-order valence-electron chi connectivity index (χ1n) is 6.04. The van der Waals surface area contributed by atoms with E-state index in [-0.39, 0.29) is 23.8 Å². The summed E-state index contributed by atoms with van der Waals surface area (Å²) in [6, 6.07) is 8.72. The fourth-order valence-electron chi connectivity index (χ4n) is 1.70. The number of benzene rings is 1. The molecule has 6 nitrogen and oxygen atoms in total. The zero-order valence-corrected chi connectivity index (χ0v) is 10.7. The molecule has 0 aliphatic carbocycles. The Labute approximate surface area is 115 Å². The van der Waals surface area contributed by atoms with Gasteiger partial charge >= 0.3 is 0 Å². The van der Waals surface area contributed by atoms with Crippen molar-refractivity contribution in [1.82, 2.24) is 4.98 Å². The van der Waals surface area contributed by atoms with Gasteiger partial charge in [0.2, 0.25) is 5.91 Å². The summed E-state index contributed by atoms with van der Waals surface area (Å²) in [5.41, 5.74) is 6.46. The van der Waals surface area contributed by atoms with E-state index in [4.69, 9.17) is 5.73 Å². The van der Waals surface area contributed by atoms with Crippen LogP contribution >= 0.6 is 0 Å². The van der Waals surface area contributed by atoms with Crippen molar-refractivity contribution in [2.24, 2.45) is 5.73 Å². The molecule has 1 atom stereocenters. The summed E-state index contributed by atoms with van der Waals surface area (Å²) < 4.78 is 0. The maximum atomic E-state index is 11.9. The molecule has 0 saturated carbocycles. The number of nitrogens with two attached hydrogens (primary N) is 1. The van der Waals surface area contributed by atoms with Crippen molar-refractivity contribution >= 4 is 11.7 Å². The van der Waals surface area contributed by atoms with Crippen molar-refractivity contribution in [2.45, 2.75) is 12.5 Å². The standard InChI is InChI=1S/C14H15N3O3/c15-10(7-9-4-5-11(18)12(19)8-9)14(20)17-13-3-1-2-6-16-13/h1-6,8,10,18-19H,7,15H2,(H,16,17,20)/t10-/m0/s1. The molecule has 0 unspecified atom stereocenters. The third kappa shape index (κ3) is 3.46. The Kier molecular flexibility index (Phi) is 4.17. The Bertz CT molecular complexity index is 602. The van der Waals surface area contributed by atoms with E-state index in [1.54, 1.807) is 30.5 Å². The predicted molar refractivity (Wildman–Crippen MR) is 74.3 cm³/mol. The number of phenolic OH excluding ortho intramolecular Hbond substituents is 2. The highest BCUT2D eigenvalue weighted by Crippen LogP contribution is 2.25. The van der Waals surface area contributed by atoms with E-state index < -0.39 is 6.04 Å². The second-order valence-electron chi connectivity index (χ2n) is 4.34. The number of hydrogen-bond acceptors (Lipinski definition) is 5. The van der Waals surface area contributed by atoms with Gasteiger partial charge < -0.3 is 21.3 Å². The predicted octanol–water partition coefficient (Wildman–Crippen LogP) is 1.00. The summed E-state index contributed by atoms with van der Waals surface area (Å²) in [5.74, 6) is -0.377. The number of amides is 1. The number of aromatic hydroxyl groups is 2. The zero-order valence-electron chi connectivity index (χ0n) is 10.7. The average molecular weight is 273 g/mol. The summed E-state index contributed by atoms with van der Waals surface area (Å²) in [7, 11) is 0. The Morgan fingerprint density at radius 3 is 2.70 bits per heavy atom. The van der Waals surface area contributed by atoms with Crippen LogP contribution in [0.3, 0.4) is 0 Å². The smallest absolute Gasteiger partial charge is 0.242 e. The van der Waals surface area contributed by atoms with Crippen molar-refractivity contribution in [3.63, 3.8) is 0 Å². The second kappa shape index (κ2) is 6.03. The number of pyridine rings is 1. The number of anilines is 1. The second-order valence-corrected chi connectivity index (χ2v) is 4.34. The van der Waals surface area contributed by atoms with E-state index in [9.17, 15) is 15.0 Å². The van der Waals surface area contributed by atoms with E-state index >= 15 is 0 Å². The fourth-order valence-corrected chi connectivity index (χ4v) is 1.70. The van der Waals surface area contributed by atoms with E-state index in [2.05, 4.69) is 10.3 Å². The normalized spacial score (nSPS) is 11.8. The molecule has 1 heterocycles. The van der Waals surface area contributed by atoms with Crippen molar-refractivity contribution in [2.75, 3.05) is 5.32 Å². The number of phenols is 2. The molecule has 0 aliphatic rings. The topological polar surface area (TPSA) is 108 Å². The summed E-state index contributed by atoms with van der Waals surface area (Å²) in [6.07, 6.45) is 1.81. The molecular formula is C14H15N3O3. The summed E-state index contributed by atoms with van der Waals surface area (Å²) >= 11 is 0. The van der Waals surface area contributed by atoms with Gasteiger partial charge in [-0.1, -0.05) is 12.1 Å². The molecule has 5 N–H and O–H groups in total. The maximum Gasteiger partial charge on any atom is 0.242 e. The third-order valence-corrected chi connectivity index (χ3v) is 2.75. The number of nitrogens with one attached hydrogen (secondary N) is 1. The van der Waals surface area contributed by atoms with Crippen LogP contribution in [0.1, 0.15) is 5.56 Å². The molecule has 6 heteroatoms. The Hall–Kier alpha value is -2.60. The van der Waals surface area contributed by atoms with Crippen LogP contribution in [0.15, 0.2) is 42.6 Å². The molecular weight excluding hydrogens is 258 g/mol. The lowest BCUT2D eigenvalue weighted by atomic mass is 10.1. The van der Waals surface area contributed by atoms with Crippen LogP contribution in [0, 0.1) is 0 Å². The van der Waals surface area contributed by atoms with E-state index in [0.717, 1.165) is 0 Å². The number of aromatic nitrogens is 1. The highest BCUT2D eigenvalue weighted by atomic mass is 16.3. The Balaban J connectivity index is 1.98. The number of hydrogen-bond donors (Lipinski definition) is 4. The largest absolute Gasteiger partial charge is 0.504 e. The number of carbonyl (C=O) groups is 1. The first-order valence-corrected chi connectivity index (χ1v) is 6.04. The first kappa shape index (κ1) is 13.8. The quantitative estimate of drug-likeness (QED) is 0.621. The molecule has 2 rings (SSSR count). The van der Waals surface area contributed by atoms with Gasteiger partial charge in [0.05, 0.1) is 6.04 Å². The van der Waals surface area contributed by atoms with Crippen molar-refractivity contribution in [3.8, 4) is 11.5 Å². The minimum Gasteiger partial charge on any atom is -0.504 e. The highest BCUT2D eigenvalue weighted by molar-refractivity contribution is 5.94. The molecule has 1 aromatic carbocycles. The minimum atomic E-state index is -0.777. The van der Waals surface area contributed by atoms with Gasteiger partial charge in [0.1, 0.15) is 5.82 Å². The molecule has 0 radical (unpaired) electrons. The minimum absolute atomic E-state index is 0.208. The van der Waals surface area contributed by atoms with Gasteiger partial charge in [-0.15, -0.1) is 0 Å². The van der Waals surface area contributed by atoms with E-state index in [0.29, 0.717) is 11.4 Å². The van der Waals surface area contributed by atoms with Gasteiger partial charge in [0.25, 0.3) is 0 Å². The van der Waals surface area contributed by atoms with Gasteiger partial charge in [-0.25, -0.2) is 4.98 Å². The molecule has 1 aromatic heterocycles. The van der Waals surface area contributed by atoms with E-state index in [1.807, 2.05) is 0 Å². The van der Waals surface area contributed by atoms with Crippen LogP contribution in [0.4, 0.5) is 5.82 Å². The van der Waals surface area contributed by atoms with Gasteiger partial charge in [-0.05, 0) is 36.2 Å². The SMILES string of the molecule is N[C@@H](Cc1ccc(O)c(O)c1)C(=O)Nc1ccccn1. The molecule has 0 spiro atoms. The van der Waals surface area contributed by atoms with Gasteiger partial charge in [0, 0.05) is 6.20 Å². The van der Waals surface area contributed by atoms with Crippen LogP contribution in [-0.4, -0.2) is 27.1 Å². The molecule has 1 amide bonds. The molecule has 104 valence electrons. The lowest BCUT2D eigenvalue weighted by Gasteiger charge is -2.12. The highest BCUT2D eigenvalue weighted by Gasteiger charge is 2.15. The van der Waals surface area contributed by atoms with Crippen LogP contribution in [0.2, 0.25) is 0 Å². The maximum absolute atomic E-state index is 11.9. The Morgan fingerprint density at radius 2 is 2.05 bits per heavy atom. The lowest BCUT2D eigenvalue weighted by Crippen LogP contribution is -2.37. The summed E-state index contributed by atoms with van der Waals surface area (Å²) in [4.78, 5) is 15.9. The fraction of sp³-hybridized carbons (Fsp3) is 0.143. The molecule has 0 fully saturated rings. The van der Waals surface area contributed by atoms with Gasteiger partial charge in [0.15, 0.2) is 11.5 Å². The number of rotatable bonds is 4. The molecule has 20 heavy (non-hydrogen) atoms. The summed E-state index contributed by atoms with van der Waals surface area (Å²) in [6.45, 7) is 0. The Morgan fingerprint density at radius 1 is 1.25 bits per heavy atom. The average Bonchev–Trinajstić information content (AvgIpc) is 2.44. The van der Waals surface area contributed by atoms with Crippen molar-refractivity contribution < 1.29 is 15.0 Å². The molecule has 0 aliphatic heterocycles. The van der Waals surface area contributed by atoms with Crippen LogP contribution in [0.25, 0.3) is 0 Å². The number of nitrogens with zero attached hydrogens (tertiary/aromatic N) is 1. The molecule has 0 saturated heterocycles. The van der Waals surface area contributed by atoms with Gasteiger partial charge in [-0.3, -0.25) is 4.79 Å². The summed E-state index contributed by atoms with van der Waals surface area (Å²) in [5, 5.41) is 21.2. The first-order chi connectivity index (χ1) is 9.56.